The summed E-state index contributed by atoms with van der Waals surface area (Å²) < 4.78 is 0. The van der Waals surface area contributed by atoms with E-state index in [0.717, 1.165) is 6.54 Å². The van der Waals surface area contributed by atoms with Crippen LogP contribution in [0.2, 0.25) is 0 Å². The van der Waals surface area contributed by atoms with Gasteiger partial charge in [0.1, 0.15) is 0 Å². The molecule has 1 nitrogen and oxygen atoms in total. The first-order valence-corrected chi connectivity index (χ1v) is 7.06. The molecule has 1 rings (SSSR count). The Labute approximate surface area is 106 Å². The van der Waals surface area contributed by atoms with Gasteiger partial charge in [-0.3, -0.25) is 0 Å². The van der Waals surface area contributed by atoms with E-state index in [2.05, 4.69) is 38.1 Å². The third-order valence-electron chi connectivity index (χ3n) is 3.58. The van der Waals surface area contributed by atoms with Crippen molar-refractivity contribution in [3.05, 3.63) is 35.4 Å². The van der Waals surface area contributed by atoms with Gasteiger partial charge in [-0.15, -0.1) is 0 Å². The minimum Gasteiger partial charge on any atom is -0.330 e. The van der Waals surface area contributed by atoms with Crippen LogP contribution in [0.15, 0.2) is 24.3 Å². The Morgan fingerprint density at radius 1 is 1.00 bits per heavy atom. The molecular formula is C16H27N. The molecule has 1 heteroatoms. The molecule has 0 bridgehead atoms. The zero-order chi connectivity index (χ0) is 12.5. The van der Waals surface area contributed by atoms with Crippen molar-refractivity contribution in [1.82, 2.24) is 0 Å². The second-order valence-corrected chi connectivity index (χ2v) is 5.00. The molecule has 1 unspecified atom stereocenters. The minimum atomic E-state index is 0.689. The fourth-order valence-corrected chi connectivity index (χ4v) is 2.08. The highest BCUT2D eigenvalue weighted by Crippen LogP contribution is 2.19. The number of hydrogen-bond acceptors (Lipinski definition) is 1. The Hall–Kier alpha value is -0.820. The second-order valence-electron chi connectivity index (χ2n) is 5.00. The Kier molecular flexibility index (Phi) is 6.95. The average molecular weight is 233 g/mol. The van der Waals surface area contributed by atoms with Crippen LogP contribution in [0.25, 0.3) is 0 Å². The molecule has 0 saturated carbocycles. The average Bonchev–Trinajstić information content (AvgIpc) is 2.38. The van der Waals surface area contributed by atoms with E-state index in [-0.39, 0.29) is 0 Å². The standard InChI is InChI=1S/C16H27N/c1-3-14(2)16-11-9-15(10-12-16)8-6-4-5-7-13-17/h9-12,14H,3-8,13,17H2,1-2H3. The smallest absolute Gasteiger partial charge is 0.00773 e. The normalized spacial score (nSPS) is 12.6. The Balaban J connectivity index is 2.30. The van der Waals surface area contributed by atoms with Crippen LogP contribution in [0.3, 0.4) is 0 Å². The van der Waals surface area contributed by atoms with Gasteiger partial charge in [-0.05, 0) is 49.3 Å². The summed E-state index contributed by atoms with van der Waals surface area (Å²) in [7, 11) is 0. The van der Waals surface area contributed by atoms with Crippen molar-refractivity contribution in [2.75, 3.05) is 6.54 Å². The van der Waals surface area contributed by atoms with Crippen molar-refractivity contribution in [1.29, 1.82) is 0 Å². The van der Waals surface area contributed by atoms with Gasteiger partial charge in [0, 0.05) is 0 Å². The van der Waals surface area contributed by atoms with Gasteiger partial charge in [0.2, 0.25) is 0 Å². The predicted molar refractivity (Wildman–Crippen MR) is 76.4 cm³/mol. The van der Waals surface area contributed by atoms with Crippen LogP contribution in [0, 0.1) is 0 Å². The summed E-state index contributed by atoms with van der Waals surface area (Å²) in [5, 5.41) is 0. The summed E-state index contributed by atoms with van der Waals surface area (Å²) in [6.07, 6.45) is 7.49. The lowest BCUT2D eigenvalue weighted by atomic mass is 9.96. The lowest BCUT2D eigenvalue weighted by Gasteiger charge is -2.09. The number of rotatable bonds is 8. The maximum absolute atomic E-state index is 5.48. The molecule has 96 valence electrons. The predicted octanol–water partition coefficient (Wildman–Crippen LogP) is 4.26. The van der Waals surface area contributed by atoms with E-state index >= 15 is 0 Å². The zero-order valence-electron chi connectivity index (χ0n) is 11.4. The van der Waals surface area contributed by atoms with Gasteiger partial charge in [-0.1, -0.05) is 51.0 Å². The summed E-state index contributed by atoms with van der Waals surface area (Å²) in [6, 6.07) is 9.18. The number of unbranched alkanes of at least 4 members (excludes halogenated alkanes) is 3. The van der Waals surface area contributed by atoms with Crippen molar-refractivity contribution in [2.45, 2.75) is 58.3 Å². The lowest BCUT2D eigenvalue weighted by Crippen LogP contribution is -1.98. The molecule has 0 aliphatic heterocycles. The van der Waals surface area contributed by atoms with Gasteiger partial charge >= 0.3 is 0 Å². The third kappa shape index (κ3) is 5.36. The Bertz CT molecular complexity index is 289. The topological polar surface area (TPSA) is 26.0 Å². The van der Waals surface area contributed by atoms with E-state index in [9.17, 15) is 0 Å². The van der Waals surface area contributed by atoms with Crippen LogP contribution >= 0.6 is 0 Å². The summed E-state index contributed by atoms with van der Waals surface area (Å²) >= 11 is 0. The molecule has 0 aliphatic rings. The Morgan fingerprint density at radius 3 is 2.24 bits per heavy atom. The first-order valence-electron chi connectivity index (χ1n) is 7.06. The summed E-state index contributed by atoms with van der Waals surface area (Å²) in [5.74, 6) is 0.689. The summed E-state index contributed by atoms with van der Waals surface area (Å²) in [5.41, 5.74) is 8.43. The van der Waals surface area contributed by atoms with E-state index in [1.165, 1.54) is 49.7 Å². The molecule has 0 amide bonds. The molecule has 0 spiro atoms. The number of hydrogen-bond donors (Lipinski definition) is 1. The molecular weight excluding hydrogens is 206 g/mol. The van der Waals surface area contributed by atoms with E-state index in [1.54, 1.807) is 0 Å². The Morgan fingerprint density at radius 2 is 1.65 bits per heavy atom. The molecule has 0 heterocycles. The van der Waals surface area contributed by atoms with Gasteiger partial charge in [0.15, 0.2) is 0 Å². The molecule has 1 atom stereocenters. The van der Waals surface area contributed by atoms with Gasteiger partial charge in [0.25, 0.3) is 0 Å². The molecule has 2 N–H and O–H groups in total. The third-order valence-corrected chi connectivity index (χ3v) is 3.58. The first kappa shape index (κ1) is 14.2. The molecule has 0 aliphatic carbocycles. The van der Waals surface area contributed by atoms with E-state index < -0.39 is 0 Å². The zero-order valence-corrected chi connectivity index (χ0v) is 11.4. The van der Waals surface area contributed by atoms with Gasteiger partial charge in [-0.2, -0.15) is 0 Å². The van der Waals surface area contributed by atoms with Crippen molar-refractivity contribution < 1.29 is 0 Å². The van der Waals surface area contributed by atoms with Crippen LogP contribution < -0.4 is 5.73 Å². The molecule has 17 heavy (non-hydrogen) atoms. The summed E-state index contributed by atoms with van der Waals surface area (Å²) in [6.45, 7) is 5.38. The monoisotopic (exact) mass is 233 g/mol. The second kappa shape index (κ2) is 8.30. The molecule has 0 saturated heterocycles. The first-order chi connectivity index (χ1) is 8.27. The highest BCUT2D eigenvalue weighted by Gasteiger charge is 2.02. The van der Waals surface area contributed by atoms with Gasteiger partial charge in [-0.25, -0.2) is 0 Å². The minimum absolute atomic E-state index is 0.689. The van der Waals surface area contributed by atoms with Crippen LogP contribution in [0.5, 0.6) is 0 Å². The van der Waals surface area contributed by atoms with Crippen molar-refractivity contribution >= 4 is 0 Å². The number of nitrogens with two attached hydrogens (primary N) is 1. The van der Waals surface area contributed by atoms with E-state index in [1.807, 2.05) is 0 Å². The SMILES string of the molecule is CCC(C)c1ccc(CCCCCCN)cc1. The molecule has 0 aromatic heterocycles. The van der Waals surface area contributed by atoms with E-state index in [4.69, 9.17) is 5.73 Å². The van der Waals surface area contributed by atoms with Crippen molar-refractivity contribution in [3.8, 4) is 0 Å². The van der Waals surface area contributed by atoms with Crippen LogP contribution in [0.4, 0.5) is 0 Å². The van der Waals surface area contributed by atoms with Crippen LogP contribution in [-0.2, 0) is 6.42 Å². The maximum Gasteiger partial charge on any atom is -0.00773 e. The van der Waals surface area contributed by atoms with Crippen LogP contribution in [-0.4, -0.2) is 6.54 Å². The molecule has 1 aromatic carbocycles. The van der Waals surface area contributed by atoms with Crippen LogP contribution in [0.1, 0.15) is 63.0 Å². The van der Waals surface area contributed by atoms with Crippen molar-refractivity contribution in [3.63, 3.8) is 0 Å². The number of benzene rings is 1. The summed E-state index contributed by atoms with van der Waals surface area (Å²) in [4.78, 5) is 0. The van der Waals surface area contributed by atoms with E-state index in [0.29, 0.717) is 5.92 Å². The number of aryl methyl sites for hydroxylation is 1. The fraction of sp³-hybridized carbons (Fsp3) is 0.625. The fourth-order valence-electron chi connectivity index (χ4n) is 2.08. The largest absolute Gasteiger partial charge is 0.330 e. The van der Waals surface area contributed by atoms with Gasteiger partial charge < -0.3 is 5.73 Å². The maximum atomic E-state index is 5.48. The molecule has 0 radical (unpaired) electrons. The van der Waals surface area contributed by atoms with Gasteiger partial charge in [0.05, 0.1) is 0 Å². The quantitative estimate of drug-likeness (QED) is 0.667. The van der Waals surface area contributed by atoms with Crippen molar-refractivity contribution in [2.24, 2.45) is 5.73 Å². The highest BCUT2D eigenvalue weighted by molar-refractivity contribution is 5.25. The highest BCUT2D eigenvalue weighted by atomic mass is 14.5. The molecule has 1 aromatic rings. The molecule has 0 fully saturated rings. The lowest BCUT2D eigenvalue weighted by molar-refractivity contribution is 0.646.